The smallest absolute Gasteiger partial charge is 0.269 e. The van der Waals surface area contributed by atoms with Crippen LogP contribution >= 0.6 is 0 Å². The Bertz CT molecular complexity index is 2170. The fourth-order valence-electron chi connectivity index (χ4n) is 9.45. The van der Waals surface area contributed by atoms with Gasteiger partial charge in [-0.2, -0.15) is 0 Å². The van der Waals surface area contributed by atoms with Gasteiger partial charge in [0.25, 0.3) is 5.69 Å². The summed E-state index contributed by atoms with van der Waals surface area (Å²) >= 11 is 0. The molecule has 0 bridgehead atoms. The molecule has 1 fully saturated rings. The monoisotopic (exact) mass is 863 g/mol. The lowest BCUT2D eigenvalue weighted by atomic mass is 9.55. The van der Waals surface area contributed by atoms with E-state index in [2.05, 4.69) is 38.6 Å². The van der Waals surface area contributed by atoms with Gasteiger partial charge in [-0.15, -0.1) is 6.58 Å². The molecule has 0 aromatic heterocycles. The molecule has 0 radical (unpaired) electrons. The van der Waals surface area contributed by atoms with E-state index in [4.69, 9.17) is 24.2 Å². The largest absolute Gasteiger partial charge is 0.459 e. The molecular formula is C51H65N3O9. The SMILES string of the molecule is C=CCOC12Oc3ccc(Oc4ccc(C)c(C)c4)cc3C3C(CCCCO)C(CCCCO)C=C(C(=NOC(C)(C)C)CC1N(CCC)C(=O)C=Cc1ccc([N+](=O)[O-])cc1)C32. The number of oxime groups is 1. The molecule has 1 heterocycles. The quantitative estimate of drug-likeness (QED) is 0.0371. The van der Waals surface area contributed by atoms with E-state index in [0.29, 0.717) is 48.6 Å². The molecule has 3 aromatic rings. The number of hydrogen-bond donors (Lipinski definition) is 2. The minimum Gasteiger partial charge on any atom is -0.459 e. The summed E-state index contributed by atoms with van der Waals surface area (Å²) in [4.78, 5) is 33.7. The van der Waals surface area contributed by atoms with Crippen LogP contribution in [0.3, 0.4) is 0 Å². The zero-order valence-electron chi connectivity index (χ0n) is 37.8. The van der Waals surface area contributed by atoms with Crippen LogP contribution in [-0.4, -0.2) is 75.5 Å². The fraction of sp³-hybridized carbons (Fsp3) is 0.490. The molecule has 0 saturated heterocycles. The van der Waals surface area contributed by atoms with E-state index in [1.807, 2.05) is 56.9 Å². The van der Waals surface area contributed by atoms with Crippen molar-refractivity contribution >= 4 is 23.4 Å². The van der Waals surface area contributed by atoms with Crippen molar-refractivity contribution in [3.8, 4) is 17.2 Å². The number of nitro groups is 1. The number of nitrogens with zero attached hydrogens (tertiary/aromatic N) is 3. The van der Waals surface area contributed by atoms with Crippen LogP contribution in [0.1, 0.15) is 107 Å². The second-order valence-corrected chi connectivity index (χ2v) is 18.0. The predicted octanol–water partition coefficient (Wildman–Crippen LogP) is 10.4. The summed E-state index contributed by atoms with van der Waals surface area (Å²) in [7, 11) is 0. The highest BCUT2D eigenvalue weighted by Crippen LogP contribution is 2.62. The standard InChI is InChI=1S/C51H65N3O9/c1-8-26-53(47(57)25-19-36-17-20-38(21-18-36)54(58)59)46-33-44(52-63-50(5,6)7)42-31-37(14-10-12-27-55)41(15-11-13-28-56)48-43-32-40(61-39-22-16-34(3)35(4)30-39)23-24-45(43)62-51(46,49(42)48)60-29-9-2/h9,16-25,30-32,37,41,46,48-49,55-56H,2,8,10-15,26-29,33H2,1,3-7H3. The van der Waals surface area contributed by atoms with E-state index >= 15 is 0 Å². The Morgan fingerprint density at radius 2 is 1.70 bits per heavy atom. The Hall–Kier alpha value is -5.30. The van der Waals surface area contributed by atoms with Crippen LogP contribution in [0.4, 0.5) is 5.69 Å². The second kappa shape index (κ2) is 20.9. The average Bonchev–Trinajstić information content (AvgIpc) is 3.25. The van der Waals surface area contributed by atoms with Gasteiger partial charge in [0, 0.05) is 55.9 Å². The Kier molecular flexibility index (Phi) is 15.7. The van der Waals surface area contributed by atoms with Crippen molar-refractivity contribution in [3.05, 3.63) is 123 Å². The summed E-state index contributed by atoms with van der Waals surface area (Å²) in [6, 6.07) is 17.4. The Balaban J connectivity index is 1.57. The van der Waals surface area contributed by atoms with Gasteiger partial charge in [-0.3, -0.25) is 14.9 Å². The maximum absolute atomic E-state index is 14.7. The number of nitro benzene ring substituents is 1. The number of ether oxygens (including phenoxy) is 3. The predicted molar refractivity (Wildman–Crippen MR) is 246 cm³/mol. The molecule has 63 heavy (non-hydrogen) atoms. The summed E-state index contributed by atoms with van der Waals surface area (Å²) in [6.07, 6.45) is 12.7. The van der Waals surface area contributed by atoms with Crippen molar-refractivity contribution in [2.24, 2.45) is 22.9 Å². The van der Waals surface area contributed by atoms with Gasteiger partial charge in [0.05, 0.1) is 23.2 Å². The summed E-state index contributed by atoms with van der Waals surface area (Å²) in [5, 5.41) is 36.2. The molecule has 2 N–H and O–H groups in total. The van der Waals surface area contributed by atoms with Gasteiger partial charge in [0.2, 0.25) is 11.7 Å². The normalized spacial score (nSPS) is 23.3. The van der Waals surface area contributed by atoms with Crippen molar-refractivity contribution < 1.29 is 39.0 Å². The van der Waals surface area contributed by atoms with Gasteiger partial charge in [0.1, 0.15) is 28.9 Å². The van der Waals surface area contributed by atoms with E-state index in [9.17, 15) is 25.1 Å². The summed E-state index contributed by atoms with van der Waals surface area (Å²) in [6.45, 7) is 16.8. The van der Waals surface area contributed by atoms with Crippen LogP contribution in [-0.2, 0) is 14.4 Å². The highest BCUT2D eigenvalue weighted by atomic mass is 16.7. The van der Waals surface area contributed by atoms with Crippen molar-refractivity contribution in [2.75, 3.05) is 26.4 Å². The van der Waals surface area contributed by atoms with Crippen LogP contribution in [0.15, 0.2) is 96.2 Å². The van der Waals surface area contributed by atoms with Crippen LogP contribution in [0.25, 0.3) is 6.08 Å². The van der Waals surface area contributed by atoms with Gasteiger partial charge in [-0.25, -0.2) is 0 Å². The van der Waals surface area contributed by atoms with Gasteiger partial charge in [-0.05, 0) is 149 Å². The third-order valence-electron chi connectivity index (χ3n) is 12.4. The fourth-order valence-corrected chi connectivity index (χ4v) is 9.45. The lowest BCUT2D eigenvalue weighted by Gasteiger charge is -2.60. The molecule has 1 amide bonds. The lowest BCUT2D eigenvalue weighted by molar-refractivity contribution is -0.384. The van der Waals surface area contributed by atoms with Crippen molar-refractivity contribution in [3.63, 3.8) is 0 Å². The average molecular weight is 864 g/mol. The number of aliphatic hydroxyl groups is 2. The summed E-state index contributed by atoms with van der Waals surface area (Å²) < 4.78 is 21.0. The number of benzene rings is 3. The van der Waals surface area contributed by atoms with Crippen molar-refractivity contribution in [2.45, 2.75) is 116 Å². The molecule has 6 unspecified atom stereocenters. The molecule has 1 saturated carbocycles. The van der Waals surface area contributed by atoms with E-state index in [1.165, 1.54) is 23.8 Å². The van der Waals surface area contributed by atoms with Gasteiger partial charge < -0.3 is 34.2 Å². The molecule has 12 heteroatoms. The first-order chi connectivity index (χ1) is 30.2. The number of unbranched alkanes of at least 4 members (excludes halogenated alkanes) is 2. The molecule has 6 atom stereocenters. The first kappa shape index (κ1) is 47.2. The number of aryl methyl sites for hydroxylation is 2. The Morgan fingerprint density at radius 3 is 2.35 bits per heavy atom. The third-order valence-corrected chi connectivity index (χ3v) is 12.4. The molecule has 1 aliphatic heterocycles. The lowest BCUT2D eigenvalue weighted by Crippen LogP contribution is -2.70. The molecule has 3 aliphatic rings. The first-order valence-corrected chi connectivity index (χ1v) is 22.5. The highest BCUT2D eigenvalue weighted by molar-refractivity contribution is 6.03. The maximum atomic E-state index is 14.7. The summed E-state index contributed by atoms with van der Waals surface area (Å²) in [5.41, 5.74) is 4.93. The van der Waals surface area contributed by atoms with E-state index in [0.717, 1.165) is 48.1 Å². The molecule has 0 spiro atoms. The highest BCUT2D eigenvalue weighted by Gasteiger charge is 2.65. The molecule has 2 aliphatic carbocycles. The minimum atomic E-state index is -1.41. The van der Waals surface area contributed by atoms with E-state index < -0.39 is 28.3 Å². The van der Waals surface area contributed by atoms with Crippen LogP contribution in [0.2, 0.25) is 0 Å². The number of aliphatic hydroxyl groups excluding tert-OH is 2. The number of amides is 1. The molecule has 6 rings (SSSR count). The number of non-ortho nitro benzene ring substituents is 1. The van der Waals surface area contributed by atoms with Crippen molar-refractivity contribution in [1.29, 1.82) is 0 Å². The van der Waals surface area contributed by atoms with Gasteiger partial charge in [0.15, 0.2) is 0 Å². The Morgan fingerprint density at radius 1 is 1.00 bits per heavy atom. The minimum absolute atomic E-state index is 0.0336. The van der Waals surface area contributed by atoms with E-state index in [-0.39, 0.29) is 55.6 Å². The van der Waals surface area contributed by atoms with E-state index in [1.54, 1.807) is 24.3 Å². The third kappa shape index (κ3) is 10.9. The molecule has 338 valence electrons. The zero-order chi connectivity index (χ0) is 45.3. The number of carbonyl (C=O) groups excluding carboxylic acids is 1. The van der Waals surface area contributed by atoms with Gasteiger partial charge >= 0.3 is 0 Å². The van der Waals surface area contributed by atoms with Crippen molar-refractivity contribution in [1.82, 2.24) is 4.90 Å². The Labute approximate surface area is 372 Å². The number of hydrogen-bond acceptors (Lipinski definition) is 10. The summed E-state index contributed by atoms with van der Waals surface area (Å²) in [5.74, 6) is -0.207. The topological polar surface area (TPSA) is 153 Å². The zero-order valence-corrected chi connectivity index (χ0v) is 37.8. The second-order valence-electron chi connectivity index (χ2n) is 18.0. The number of allylic oxidation sites excluding steroid dienone is 1. The number of carbonyl (C=O) groups is 1. The first-order valence-electron chi connectivity index (χ1n) is 22.5. The molecular weight excluding hydrogens is 799 g/mol. The van der Waals surface area contributed by atoms with Crippen LogP contribution < -0.4 is 9.47 Å². The maximum Gasteiger partial charge on any atom is 0.269 e. The number of rotatable bonds is 20. The molecule has 12 nitrogen and oxygen atoms in total. The van der Waals surface area contributed by atoms with Crippen LogP contribution in [0.5, 0.6) is 17.2 Å². The molecule has 3 aromatic carbocycles. The van der Waals surface area contributed by atoms with Crippen LogP contribution in [0, 0.1) is 41.7 Å². The van der Waals surface area contributed by atoms with Gasteiger partial charge in [-0.1, -0.05) is 43.1 Å². The number of fused-ring (bicyclic) bond motifs is 2.